The molecule has 9 heteroatoms. The predicted octanol–water partition coefficient (Wildman–Crippen LogP) is 7.09. The summed E-state index contributed by atoms with van der Waals surface area (Å²) in [7, 11) is 0. The third-order valence-corrected chi connectivity index (χ3v) is 8.69. The molecule has 2 aliphatic rings. The molecule has 7 nitrogen and oxygen atoms in total. The van der Waals surface area contributed by atoms with Crippen LogP contribution in [-0.2, 0) is 11.3 Å². The first kappa shape index (κ1) is 31.0. The van der Waals surface area contributed by atoms with Gasteiger partial charge in [-0.15, -0.1) is 0 Å². The summed E-state index contributed by atoms with van der Waals surface area (Å²) in [6, 6.07) is 15.6. The first-order valence-corrected chi connectivity index (χ1v) is 15.3. The van der Waals surface area contributed by atoms with E-state index in [0.717, 1.165) is 81.2 Å². The van der Waals surface area contributed by atoms with E-state index in [2.05, 4.69) is 16.4 Å². The van der Waals surface area contributed by atoms with Crippen molar-refractivity contribution >= 4 is 23.3 Å². The number of aryl methyl sites for hydroxylation is 1. The number of carboxylic acid groups (broad SMARTS) is 1. The lowest BCUT2D eigenvalue weighted by Crippen LogP contribution is -2.40. The zero-order chi connectivity index (χ0) is 30.3. The van der Waals surface area contributed by atoms with Crippen LogP contribution in [0.3, 0.4) is 0 Å². The van der Waals surface area contributed by atoms with Gasteiger partial charge >= 0.3 is 5.97 Å². The highest BCUT2D eigenvalue weighted by Gasteiger charge is 2.26. The minimum atomic E-state index is -0.930. The molecule has 2 fully saturated rings. The normalized spacial score (nSPS) is 16.6. The summed E-state index contributed by atoms with van der Waals surface area (Å²) in [4.78, 5) is 21.1. The van der Waals surface area contributed by atoms with Crippen molar-refractivity contribution in [2.75, 3.05) is 44.3 Å². The van der Waals surface area contributed by atoms with Gasteiger partial charge in [0.25, 0.3) is 0 Å². The van der Waals surface area contributed by atoms with Crippen LogP contribution in [0.5, 0.6) is 5.88 Å². The molecule has 0 unspecified atom stereocenters. The maximum Gasteiger partial charge on any atom is 0.335 e. The minimum Gasteiger partial charge on any atom is -0.478 e. The fraction of sp³-hybridized carbons (Fsp3) is 0.412. The van der Waals surface area contributed by atoms with Crippen molar-refractivity contribution in [3.8, 4) is 5.88 Å². The number of halogens is 2. The van der Waals surface area contributed by atoms with E-state index in [-0.39, 0.29) is 12.2 Å². The van der Waals surface area contributed by atoms with E-state index < -0.39 is 11.8 Å². The molecule has 0 spiro atoms. The summed E-state index contributed by atoms with van der Waals surface area (Å²) in [5.74, 6) is -0.0896. The Balaban J connectivity index is 1.21. The van der Waals surface area contributed by atoms with Crippen LogP contribution in [0.25, 0.3) is 0 Å². The molecule has 0 amide bonds. The van der Waals surface area contributed by atoms with E-state index in [9.17, 15) is 14.3 Å². The van der Waals surface area contributed by atoms with Crippen LogP contribution in [0.1, 0.15) is 58.8 Å². The number of pyridine rings is 1. The molecule has 0 bridgehead atoms. The first-order chi connectivity index (χ1) is 20.8. The smallest absolute Gasteiger partial charge is 0.335 e. The molecule has 5 rings (SSSR count). The first-order valence-electron chi connectivity index (χ1n) is 14.9. The number of rotatable bonds is 11. The number of anilines is 1. The van der Waals surface area contributed by atoms with Gasteiger partial charge in [-0.05, 0) is 87.5 Å². The van der Waals surface area contributed by atoms with Crippen LogP contribution in [0.15, 0.2) is 66.9 Å². The lowest BCUT2D eigenvalue weighted by Gasteiger charge is -2.37. The molecule has 2 aliphatic heterocycles. The van der Waals surface area contributed by atoms with Crippen LogP contribution in [-0.4, -0.2) is 60.4 Å². The Morgan fingerprint density at radius 2 is 1.91 bits per heavy atom. The van der Waals surface area contributed by atoms with Gasteiger partial charge in [-0.2, -0.15) is 0 Å². The molecule has 228 valence electrons. The van der Waals surface area contributed by atoms with Crippen molar-refractivity contribution in [1.29, 1.82) is 0 Å². The molecule has 0 atom stereocenters. The van der Waals surface area contributed by atoms with E-state index in [4.69, 9.17) is 26.1 Å². The van der Waals surface area contributed by atoms with E-state index in [1.54, 1.807) is 30.3 Å². The highest BCUT2D eigenvalue weighted by Crippen LogP contribution is 2.31. The third kappa shape index (κ3) is 8.13. The Morgan fingerprint density at radius 3 is 2.63 bits per heavy atom. The summed E-state index contributed by atoms with van der Waals surface area (Å²) >= 11 is 5.86. The number of aromatic carboxylic acids is 1. The molecular weight excluding hydrogens is 569 g/mol. The highest BCUT2D eigenvalue weighted by molar-refractivity contribution is 6.30. The van der Waals surface area contributed by atoms with Gasteiger partial charge in [0.2, 0.25) is 5.88 Å². The Morgan fingerprint density at radius 1 is 1.14 bits per heavy atom. The standard InChI is InChI=1S/C34H39ClFN3O4/c1-23-6-7-27(34(40)41)18-32(23)39(21-25-12-16-42-17-13-25)24(2)20-38-14-10-26(11-15-38)31-4-3-5-33(37-31)43-22-28-8-9-29(35)19-30(28)36/h3-9,18-19,25-26H,2,10-17,20-22H2,1H3,(H,40,41). The van der Waals surface area contributed by atoms with Gasteiger partial charge in [-0.25, -0.2) is 14.2 Å². The van der Waals surface area contributed by atoms with Gasteiger partial charge in [-0.3, -0.25) is 4.90 Å². The number of hydrogen-bond donors (Lipinski definition) is 1. The van der Waals surface area contributed by atoms with Gasteiger partial charge in [0.05, 0.1) is 5.56 Å². The molecule has 3 heterocycles. The lowest BCUT2D eigenvalue weighted by atomic mass is 9.93. The Hall–Kier alpha value is -3.46. The van der Waals surface area contributed by atoms with Crippen molar-refractivity contribution in [2.24, 2.45) is 5.92 Å². The average molecular weight is 608 g/mol. The molecule has 1 N–H and O–H groups in total. The SMILES string of the molecule is C=C(CN1CCC(c2cccc(OCc3ccc(Cl)cc3F)n2)CC1)N(CC1CCOCC1)c1cc(C(=O)O)ccc1C. The second-order valence-corrected chi connectivity index (χ2v) is 12.0. The second-order valence-electron chi connectivity index (χ2n) is 11.5. The fourth-order valence-corrected chi connectivity index (χ4v) is 6.04. The van der Waals surface area contributed by atoms with Gasteiger partial charge < -0.3 is 19.5 Å². The predicted molar refractivity (Wildman–Crippen MR) is 167 cm³/mol. The van der Waals surface area contributed by atoms with E-state index in [0.29, 0.717) is 34.8 Å². The molecule has 0 saturated carbocycles. The van der Waals surface area contributed by atoms with Gasteiger partial charge in [-0.1, -0.05) is 36.4 Å². The van der Waals surface area contributed by atoms with Gasteiger partial charge in [0, 0.05) is 66.0 Å². The fourth-order valence-electron chi connectivity index (χ4n) is 5.88. The number of likely N-dealkylation sites (tertiary alicyclic amines) is 1. The van der Waals surface area contributed by atoms with Crippen LogP contribution in [0, 0.1) is 18.7 Å². The molecule has 3 aromatic rings. The van der Waals surface area contributed by atoms with Crippen LogP contribution in [0.4, 0.5) is 10.1 Å². The monoisotopic (exact) mass is 607 g/mol. The van der Waals surface area contributed by atoms with E-state index in [1.165, 1.54) is 6.07 Å². The summed E-state index contributed by atoms with van der Waals surface area (Å²) in [6.45, 7) is 11.4. The summed E-state index contributed by atoms with van der Waals surface area (Å²) < 4.78 is 25.6. The second kappa shape index (κ2) is 14.3. The third-order valence-electron chi connectivity index (χ3n) is 8.46. The number of piperidine rings is 1. The highest BCUT2D eigenvalue weighted by atomic mass is 35.5. The molecule has 43 heavy (non-hydrogen) atoms. The molecule has 0 radical (unpaired) electrons. The lowest BCUT2D eigenvalue weighted by molar-refractivity contribution is 0.0684. The molecule has 2 aromatic carbocycles. The zero-order valence-corrected chi connectivity index (χ0v) is 25.4. The quantitative estimate of drug-likeness (QED) is 0.249. The number of benzene rings is 2. The van der Waals surface area contributed by atoms with Crippen LogP contribution < -0.4 is 9.64 Å². The molecule has 2 saturated heterocycles. The number of nitrogens with zero attached hydrogens (tertiary/aromatic N) is 3. The van der Waals surface area contributed by atoms with Crippen molar-refractivity contribution in [3.63, 3.8) is 0 Å². The molecule has 1 aromatic heterocycles. The maximum absolute atomic E-state index is 14.2. The van der Waals surface area contributed by atoms with Crippen molar-refractivity contribution < 1.29 is 23.8 Å². The van der Waals surface area contributed by atoms with Gasteiger partial charge in [0.15, 0.2) is 0 Å². The van der Waals surface area contributed by atoms with Gasteiger partial charge in [0.1, 0.15) is 12.4 Å². The Labute approximate surface area is 257 Å². The molecule has 0 aliphatic carbocycles. The Kier molecular flexibility index (Phi) is 10.3. The van der Waals surface area contributed by atoms with Crippen molar-refractivity contribution in [2.45, 2.75) is 45.1 Å². The Bertz CT molecular complexity index is 1440. The number of hydrogen-bond acceptors (Lipinski definition) is 6. The number of aromatic nitrogens is 1. The van der Waals surface area contributed by atoms with Crippen molar-refractivity contribution in [3.05, 3.63) is 100 Å². The summed E-state index contributed by atoms with van der Waals surface area (Å²) in [6.07, 6.45) is 3.86. The van der Waals surface area contributed by atoms with E-state index >= 15 is 0 Å². The maximum atomic E-state index is 14.2. The topological polar surface area (TPSA) is 75.1 Å². The van der Waals surface area contributed by atoms with Crippen LogP contribution in [0.2, 0.25) is 5.02 Å². The number of ether oxygens (including phenoxy) is 2. The van der Waals surface area contributed by atoms with Crippen molar-refractivity contribution in [1.82, 2.24) is 9.88 Å². The number of carboxylic acids is 1. The average Bonchev–Trinajstić information content (AvgIpc) is 3.01. The number of carbonyl (C=O) groups is 1. The van der Waals surface area contributed by atoms with Crippen LogP contribution >= 0.6 is 11.6 Å². The molecular formula is C34H39ClFN3O4. The summed E-state index contributed by atoms with van der Waals surface area (Å²) in [5, 5.41) is 10.00. The minimum absolute atomic E-state index is 0.0826. The largest absolute Gasteiger partial charge is 0.478 e. The van der Waals surface area contributed by atoms with E-state index in [1.807, 2.05) is 25.1 Å². The summed E-state index contributed by atoms with van der Waals surface area (Å²) in [5.41, 5.74) is 4.60. The zero-order valence-electron chi connectivity index (χ0n) is 24.6.